The molecule has 10 heteroatoms. The molecule has 1 spiro atoms. The molecule has 2 aromatic rings. The maximum Gasteiger partial charge on any atom is 0.303 e. The first-order chi connectivity index (χ1) is 21.6. The first-order valence-electron chi connectivity index (χ1n) is 16.2. The quantitative estimate of drug-likeness (QED) is 0.250. The highest BCUT2D eigenvalue weighted by atomic mass is 35.5. The molecule has 2 fully saturated rings. The van der Waals surface area contributed by atoms with E-state index in [0.717, 1.165) is 74.5 Å². The van der Waals surface area contributed by atoms with Crippen molar-refractivity contribution in [3.05, 3.63) is 70.3 Å². The molecule has 1 amide bonds. The fraction of sp³-hybridized carbons (Fsp3) is 0.514. The molecule has 1 N–H and O–H groups in total. The van der Waals surface area contributed by atoms with Crippen molar-refractivity contribution in [1.29, 1.82) is 0 Å². The molecule has 5 aliphatic rings. The Bertz CT molecular complexity index is 1640. The smallest absolute Gasteiger partial charge is 0.303 e. The summed E-state index contributed by atoms with van der Waals surface area (Å²) < 4.78 is 31.0. The van der Waals surface area contributed by atoms with Crippen LogP contribution in [0, 0.1) is 11.8 Å². The van der Waals surface area contributed by atoms with Crippen LogP contribution in [0.25, 0.3) is 0 Å². The number of ether oxygens (including phenoxy) is 2. The van der Waals surface area contributed by atoms with E-state index in [1.807, 2.05) is 28.6 Å². The lowest BCUT2D eigenvalue weighted by Gasteiger charge is -2.46. The average molecular weight is 652 g/mol. The monoisotopic (exact) mass is 651 g/mol. The van der Waals surface area contributed by atoms with E-state index in [-0.39, 0.29) is 29.4 Å². The minimum atomic E-state index is -3.07. The second-order valence-electron chi connectivity index (χ2n) is 13.5. The van der Waals surface area contributed by atoms with Crippen LogP contribution in [0.4, 0.5) is 5.69 Å². The van der Waals surface area contributed by atoms with Crippen LogP contribution in [0.2, 0.25) is 5.02 Å². The van der Waals surface area contributed by atoms with Crippen molar-refractivity contribution in [2.75, 3.05) is 31.1 Å². The van der Waals surface area contributed by atoms with Crippen LogP contribution in [0.3, 0.4) is 0 Å². The van der Waals surface area contributed by atoms with Gasteiger partial charge in [-0.15, -0.1) is 0 Å². The van der Waals surface area contributed by atoms with Gasteiger partial charge >= 0.3 is 5.97 Å². The van der Waals surface area contributed by atoms with E-state index in [9.17, 15) is 13.8 Å². The third-order valence-corrected chi connectivity index (χ3v) is 12.6. The topological polar surface area (TPSA) is 88.2 Å². The number of carbonyl (C=O) groups excluding carboxylic acids is 2. The Morgan fingerprint density at radius 3 is 2.84 bits per heavy atom. The molecule has 1 unspecified atom stereocenters. The predicted molar refractivity (Wildman–Crippen MR) is 178 cm³/mol. The Balaban J connectivity index is 1.31. The maximum absolute atomic E-state index is 13.9. The lowest BCUT2D eigenvalue weighted by Crippen LogP contribution is -2.50. The van der Waals surface area contributed by atoms with E-state index in [4.69, 9.17) is 21.1 Å². The minimum Gasteiger partial charge on any atom is -0.490 e. The van der Waals surface area contributed by atoms with E-state index in [2.05, 4.69) is 33.7 Å². The maximum atomic E-state index is 13.9. The molecule has 6 atom stereocenters. The fourth-order valence-electron chi connectivity index (χ4n) is 8.32. The second kappa shape index (κ2) is 12.0. The number of rotatable bonds is 1. The summed E-state index contributed by atoms with van der Waals surface area (Å²) in [5.41, 5.74) is 3.58. The summed E-state index contributed by atoms with van der Waals surface area (Å²) in [5, 5.41) is 0.744. The van der Waals surface area contributed by atoms with Gasteiger partial charge in [0.05, 0.1) is 12.3 Å². The molecule has 2 aromatic carbocycles. The lowest BCUT2D eigenvalue weighted by molar-refractivity contribution is -0.149. The number of benzene rings is 2. The Kier molecular flexibility index (Phi) is 8.15. The van der Waals surface area contributed by atoms with Crippen molar-refractivity contribution < 1.29 is 23.3 Å². The number of aryl methyl sites for hydroxylation is 1. The van der Waals surface area contributed by atoms with E-state index in [1.54, 1.807) is 6.07 Å². The Labute approximate surface area is 271 Å². The van der Waals surface area contributed by atoms with Gasteiger partial charge in [-0.1, -0.05) is 23.7 Å². The number of carbonyl (C=O) groups is 2. The van der Waals surface area contributed by atoms with Crippen molar-refractivity contribution in [3.63, 3.8) is 0 Å². The van der Waals surface area contributed by atoms with Gasteiger partial charge < -0.3 is 14.4 Å². The molecule has 3 aliphatic heterocycles. The summed E-state index contributed by atoms with van der Waals surface area (Å²) in [7, 11) is -3.07. The summed E-state index contributed by atoms with van der Waals surface area (Å²) in [6.07, 6.45) is 11.2. The summed E-state index contributed by atoms with van der Waals surface area (Å²) in [6.45, 7) is 4.05. The molecule has 2 bridgehead atoms. The van der Waals surface area contributed by atoms with Gasteiger partial charge in [-0.2, -0.15) is 0 Å². The van der Waals surface area contributed by atoms with E-state index < -0.39 is 15.8 Å². The van der Waals surface area contributed by atoms with Crippen LogP contribution in [-0.4, -0.2) is 64.6 Å². The summed E-state index contributed by atoms with van der Waals surface area (Å²) in [5.74, 6) is 4.51. The Morgan fingerprint density at radius 2 is 2.04 bits per heavy atom. The molecule has 240 valence electrons. The Morgan fingerprint density at radius 1 is 1.18 bits per heavy atom. The van der Waals surface area contributed by atoms with Gasteiger partial charge in [0.15, 0.2) is 0 Å². The van der Waals surface area contributed by atoms with E-state index in [0.29, 0.717) is 31.1 Å². The fourth-order valence-corrected chi connectivity index (χ4v) is 10.1. The van der Waals surface area contributed by atoms with Crippen molar-refractivity contribution in [3.8, 4) is 5.75 Å². The number of hydrogen-bond acceptors (Lipinski definition) is 6. The standard InChI is InChI=1S/C35H42ClN3O5S/c1-23(40)44-32-9-3-7-28-8-5-17-39(28)45(2,42)37-34(41)25-11-15-33-31(19-25)38(20-26-10-13-29(26)32)21-35(22-43-33)16-4-6-24-18-27(36)12-14-30(24)35/h3,9,11-12,14-15,18-19,26,28-29,32H,2,4-8,10,13,16-17,20-22H2,1H3,(H,37,41,42)/b9-3+/t26-,28-,29+,32-,35-,45?/m0/s1. The highest BCUT2D eigenvalue weighted by molar-refractivity contribution is 7.96. The highest BCUT2D eigenvalue weighted by Crippen LogP contribution is 2.47. The highest BCUT2D eigenvalue weighted by Gasteiger charge is 2.45. The van der Waals surface area contributed by atoms with Crippen LogP contribution in [0.15, 0.2) is 48.6 Å². The second-order valence-corrected chi connectivity index (χ2v) is 15.9. The number of nitrogens with one attached hydrogen (secondary N) is 1. The number of esters is 1. The molecule has 45 heavy (non-hydrogen) atoms. The molecular weight excluding hydrogens is 610 g/mol. The zero-order valence-electron chi connectivity index (χ0n) is 25.8. The van der Waals surface area contributed by atoms with Crippen LogP contribution >= 0.6 is 11.6 Å². The van der Waals surface area contributed by atoms with Crippen molar-refractivity contribution in [2.45, 2.75) is 75.9 Å². The van der Waals surface area contributed by atoms with Crippen molar-refractivity contribution in [1.82, 2.24) is 9.03 Å². The first-order valence-corrected chi connectivity index (χ1v) is 18.3. The number of nitrogens with zero attached hydrogens (tertiary/aromatic N) is 2. The molecule has 3 heterocycles. The van der Waals surface area contributed by atoms with Gasteiger partial charge in [-0.05, 0) is 111 Å². The summed E-state index contributed by atoms with van der Waals surface area (Å²) in [4.78, 5) is 28.3. The molecule has 7 rings (SSSR count). The third-order valence-electron chi connectivity index (χ3n) is 10.6. The number of halogens is 1. The molecule has 0 radical (unpaired) electrons. The molecule has 8 nitrogen and oxygen atoms in total. The lowest BCUT2D eigenvalue weighted by atomic mass is 9.68. The third kappa shape index (κ3) is 5.87. The number of fused-ring (bicyclic) bond motifs is 5. The zero-order valence-corrected chi connectivity index (χ0v) is 27.4. The molecule has 0 aromatic heterocycles. The van der Waals surface area contributed by atoms with Crippen LogP contribution in [0.1, 0.15) is 73.4 Å². The van der Waals surface area contributed by atoms with E-state index >= 15 is 0 Å². The van der Waals surface area contributed by atoms with Crippen molar-refractivity contribution in [2.24, 2.45) is 11.8 Å². The average Bonchev–Trinajstić information content (AvgIpc) is 3.40. The van der Waals surface area contributed by atoms with Gasteiger partial charge in [0.2, 0.25) is 0 Å². The number of anilines is 1. The molecular formula is C35H42ClN3O5S. The normalized spacial score (nSPS) is 33.8. The van der Waals surface area contributed by atoms with Crippen LogP contribution in [-0.2, 0) is 31.3 Å². The predicted octanol–water partition coefficient (Wildman–Crippen LogP) is 5.47. The molecule has 1 saturated carbocycles. The summed E-state index contributed by atoms with van der Waals surface area (Å²) in [6, 6.07) is 11.7. The van der Waals surface area contributed by atoms with Crippen LogP contribution < -0.4 is 14.4 Å². The van der Waals surface area contributed by atoms with E-state index in [1.165, 1.54) is 18.1 Å². The van der Waals surface area contributed by atoms with Crippen molar-refractivity contribution >= 4 is 44.9 Å². The SMILES string of the molecule is C=S1(=O)NC(=O)c2ccc3c(c2)N(C[C@@H]2CC[C@H]2[C@@H](OC(C)=O)/C=C/C[C@H]2CCCN21)C[C@@]1(CCCc2cc(Cl)ccc21)CO3. The summed E-state index contributed by atoms with van der Waals surface area (Å²) >= 11 is 6.43. The van der Waals surface area contributed by atoms with Gasteiger partial charge in [-0.25, -0.2) is 8.51 Å². The van der Waals surface area contributed by atoms with Gasteiger partial charge in [0, 0.05) is 54.5 Å². The molecule has 2 aliphatic carbocycles. The first kappa shape index (κ1) is 30.6. The number of hydrogen-bond donors (Lipinski definition) is 1. The van der Waals surface area contributed by atoms with Gasteiger partial charge in [-0.3, -0.25) is 14.3 Å². The van der Waals surface area contributed by atoms with Gasteiger partial charge in [0.1, 0.15) is 21.7 Å². The molecule has 1 saturated heterocycles. The zero-order chi connectivity index (χ0) is 31.3. The largest absolute Gasteiger partial charge is 0.490 e. The van der Waals surface area contributed by atoms with Gasteiger partial charge in [0.25, 0.3) is 5.91 Å². The number of amides is 1. The minimum absolute atomic E-state index is 0.0185. The van der Waals surface area contributed by atoms with Crippen LogP contribution in [0.5, 0.6) is 5.75 Å². The Hall–Kier alpha value is -3.01.